The third-order valence-corrected chi connectivity index (χ3v) is 4.59. The van der Waals surface area contributed by atoms with Gasteiger partial charge in [-0.3, -0.25) is 4.40 Å². The molecule has 0 spiro atoms. The number of para-hydroxylation sites is 1. The molecule has 0 saturated carbocycles. The minimum atomic E-state index is 0.704. The average Bonchev–Trinajstić information content (AvgIpc) is 3.00. The van der Waals surface area contributed by atoms with E-state index in [1.54, 1.807) is 17.5 Å². The number of thiazole rings is 1. The molecule has 0 unspecified atom stereocenters. The van der Waals surface area contributed by atoms with Gasteiger partial charge in [0.25, 0.3) is 0 Å². The highest BCUT2D eigenvalue weighted by molar-refractivity contribution is 7.24. The Bertz CT molecular complexity index is 918. The van der Waals surface area contributed by atoms with Crippen LogP contribution in [0.5, 0.6) is 0 Å². The van der Waals surface area contributed by atoms with Crippen molar-refractivity contribution >= 4 is 43.9 Å². The summed E-state index contributed by atoms with van der Waals surface area (Å²) in [6, 6.07) is 14.0. The van der Waals surface area contributed by atoms with Crippen LogP contribution >= 0.6 is 22.9 Å². The number of benzene rings is 1. The summed E-state index contributed by atoms with van der Waals surface area (Å²) < 4.78 is 7.75. The van der Waals surface area contributed by atoms with Gasteiger partial charge in [0.1, 0.15) is 0 Å². The number of aromatic nitrogens is 3. The highest BCUT2D eigenvalue weighted by Gasteiger charge is 2.07. The summed E-state index contributed by atoms with van der Waals surface area (Å²) in [6.07, 6.45) is 1.74. The Hall–Kier alpha value is -2.05. The molecule has 0 bridgehead atoms. The van der Waals surface area contributed by atoms with Crippen LogP contribution in [0, 0.1) is 0 Å². The van der Waals surface area contributed by atoms with Gasteiger partial charge in [-0.15, -0.1) is 0 Å². The maximum Gasteiger partial charge on any atom is 0.216 e. The van der Waals surface area contributed by atoms with Crippen LogP contribution in [-0.2, 0) is 0 Å². The first-order chi connectivity index (χ1) is 9.42. The van der Waals surface area contributed by atoms with Crippen molar-refractivity contribution in [3.8, 4) is 0 Å². The van der Waals surface area contributed by atoms with Gasteiger partial charge in [0.15, 0.2) is 5.82 Å². The van der Waals surface area contributed by atoms with Gasteiger partial charge in [0.05, 0.1) is 10.2 Å². The van der Waals surface area contributed by atoms with Crippen molar-refractivity contribution in [1.29, 1.82) is 0 Å². The standard InChI is InChI=1S/C13H8N4S2/c1-2-6-10-9(5-1)17-12(19-16-13(17)18-10)15-11-7-3-4-8-14-11/h1-8H/b15-12-. The van der Waals surface area contributed by atoms with E-state index >= 15 is 0 Å². The van der Waals surface area contributed by atoms with E-state index in [-0.39, 0.29) is 0 Å². The SMILES string of the molecule is c1ccc(/N=c2\snc3sc4ccccc4n23)nc1. The first-order valence-corrected chi connectivity index (χ1v) is 7.32. The van der Waals surface area contributed by atoms with Crippen molar-refractivity contribution < 1.29 is 0 Å². The highest BCUT2D eigenvalue weighted by atomic mass is 32.1. The molecule has 19 heavy (non-hydrogen) atoms. The molecule has 0 aliphatic heterocycles. The largest absolute Gasteiger partial charge is 0.258 e. The lowest BCUT2D eigenvalue weighted by Crippen LogP contribution is -2.04. The van der Waals surface area contributed by atoms with E-state index in [9.17, 15) is 0 Å². The van der Waals surface area contributed by atoms with Crippen LogP contribution in [0.1, 0.15) is 0 Å². The second-order valence-corrected chi connectivity index (χ2v) is 5.69. The van der Waals surface area contributed by atoms with Crippen LogP contribution in [0.15, 0.2) is 53.7 Å². The van der Waals surface area contributed by atoms with Crippen molar-refractivity contribution in [2.24, 2.45) is 4.99 Å². The van der Waals surface area contributed by atoms with Gasteiger partial charge in [-0.25, -0.2) is 4.98 Å². The summed E-state index contributed by atoms with van der Waals surface area (Å²) in [5, 5.41) is 0. The maximum atomic E-state index is 4.57. The predicted molar refractivity (Wildman–Crippen MR) is 77.9 cm³/mol. The lowest BCUT2D eigenvalue weighted by Gasteiger charge is -1.91. The molecule has 3 heterocycles. The third-order valence-electron chi connectivity index (χ3n) is 2.75. The second kappa shape index (κ2) is 4.25. The molecule has 0 radical (unpaired) electrons. The number of nitrogens with zero attached hydrogens (tertiary/aromatic N) is 4. The Balaban J connectivity index is 2.08. The molecule has 0 amide bonds. The molecule has 4 rings (SSSR count). The Kier molecular flexibility index (Phi) is 2.43. The van der Waals surface area contributed by atoms with Gasteiger partial charge in [0, 0.05) is 17.7 Å². The number of rotatable bonds is 1. The Morgan fingerprint density at radius 3 is 2.84 bits per heavy atom. The molecular formula is C13H8N4S2. The van der Waals surface area contributed by atoms with Gasteiger partial charge in [0.2, 0.25) is 9.76 Å². The Morgan fingerprint density at radius 2 is 1.95 bits per heavy atom. The molecule has 6 heteroatoms. The lowest BCUT2D eigenvalue weighted by atomic mass is 10.3. The second-order valence-electron chi connectivity index (χ2n) is 3.95. The van der Waals surface area contributed by atoms with E-state index in [4.69, 9.17) is 0 Å². The number of hydrogen-bond acceptors (Lipinski definition) is 5. The van der Waals surface area contributed by atoms with Crippen LogP contribution in [0.25, 0.3) is 15.2 Å². The molecule has 92 valence electrons. The van der Waals surface area contributed by atoms with Crippen LogP contribution in [-0.4, -0.2) is 13.8 Å². The van der Waals surface area contributed by atoms with Crippen LogP contribution < -0.4 is 4.80 Å². The van der Waals surface area contributed by atoms with Gasteiger partial charge >= 0.3 is 0 Å². The maximum absolute atomic E-state index is 4.57. The fourth-order valence-corrected chi connectivity index (χ4v) is 3.77. The first kappa shape index (κ1) is 10.8. The van der Waals surface area contributed by atoms with Crippen molar-refractivity contribution in [1.82, 2.24) is 13.8 Å². The summed E-state index contributed by atoms with van der Waals surface area (Å²) in [5.74, 6) is 0.704. The van der Waals surface area contributed by atoms with Gasteiger partial charge in [-0.1, -0.05) is 29.5 Å². The van der Waals surface area contributed by atoms with Crippen LogP contribution in [0.4, 0.5) is 5.82 Å². The fourth-order valence-electron chi connectivity index (χ4n) is 1.93. The van der Waals surface area contributed by atoms with E-state index in [0.717, 1.165) is 15.3 Å². The molecule has 0 N–H and O–H groups in total. The predicted octanol–water partition coefficient (Wildman–Crippen LogP) is 3.24. The van der Waals surface area contributed by atoms with Crippen molar-refractivity contribution in [2.75, 3.05) is 0 Å². The van der Waals surface area contributed by atoms with E-state index in [1.165, 1.54) is 16.2 Å². The van der Waals surface area contributed by atoms with Crippen LogP contribution in [0.2, 0.25) is 0 Å². The molecule has 4 nitrogen and oxygen atoms in total. The summed E-state index contributed by atoms with van der Waals surface area (Å²) in [4.78, 5) is 10.6. The van der Waals surface area contributed by atoms with Crippen LogP contribution in [0.3, 0.4) is 0 Å². The molecule has 3 aromatic heterocycles. The van der Waals surface area contributed by atoms with E-state index in [2.05, 4.69) is 30.9 Å². The molecule has 0 aliphatic rings. The minimum absolute atomic E-state index is 0.704. The van der Waals surface area contributed by atoms with E-state index in [0.29, 0.717) is 5.82 Å². The Morgan fingerprint density at radius 1 is 1.05 bits per heavy atom. The van der Waals surface area contributed by atoms with E-state index < -0.39 is 0 Å². The zero-order chi connectivity index (χ0) is 12.7. The molecule has 0 atom stereocenters. The molecule has 0 saturated heterocycles. The normalized spacial score (nSPS) is 12.5. The van der Waals surface area contributed by atoms with Gasteiger partial charge in [-0.05, 0) is 24.3 Å². The van der Waals surface area contributed by atoms with Gasteiger partial charge in [-0.2, -0.15) is 9.37 Å². The number of hydrogen-bond donors (Lipinski definition) is 0. The summed E-state index contributed by atoms with van der Waals surface area (Å²) in [5.41, 5.74) is 1.14. The summed E-state index contributed by atoms with van der Waals surface area (Å²) >= 11 is 3.07. The fraction of sp³-hybridized carbons (Fsp3) is 0. The van der Waals surface area contributed by atoms with E-state index in [1.807, 2.05) is 30.3 Å². The summed E-state index contributed by atoms with van der Waals surface area (Å²) in [7, 11) is 0. The number of fused-ring (bicyclic) bond motifs is 3. The molecule has 4 aromatic rings. The smallest absolute Gasteiger partial charge is 0.216 e. The summed E-state index contributed by atoms with van der Waals surface area (Å²) in [6.45, 7) is 0. The minimum Gasteiger partial charge on any atom is -0.258 e. The third kappa shape index (κ3) is 1.76. The molecule has 0 fully saturated rings. The van der Waals surface area contributed by atoms with Gasteiger partial charge < -0.3 is 0 Å². The molecule has 0 aliphatic carbocycles. The topological polar surface area (TPSA) is 42.5 Å². The number of pyridine rings is 1. The zero-order valence-electron chi connectivity index (χ0n) is 9.72. The average molecular weight is 284 g/mol. The van der Waals surface area contributed by atoms with Crippen molar-refractivity contribution in [2.45, 2.75) is 0 Å². The Labute approximate surface area is 116 Å². The zero-order valence-corrected chi connectivity index (χ0v) is 11.4. The molecule has 1 aromatic carbocycles. The van der Waals surface area contributed by atoms with Crippen molar-refractivity contribution in [3.63, 3.8) is 0 Å². The quantitative estimate of drug-likeness (QED) is 0.538. The molecular weight excluding hydrogens is 276 g/mol. The highest BCUT2D eigenvalue weighted by Crippen LogP contribution is 2.24. The monoisotopic (exact) mass is 284 g/mol. The lowest BCUT2D eigenvalue weighted by molar-refractivity contribution is 1.13. The van der Waals surface area contributed by atoms with Crippen molar-refractivity contribution in [3.05, 3.63) is 53.5 Å². The first-order valence-electron chi connectivity index (χ1n) is 5.73.